The maximum absolute atomic E-state index is 11.7. The van der Waals surface area contributed by atoms with Crippen LogP contribution < -0.4 is 11.2 Å². The number of H-pyrrole nitrogens is 1. The zero-order valence-corrected chi connectivity index (χ0v) is 9.92. The Morgan fingerprint density at radius 2 is 2.33 bits per heavy atom. The van der Waals surface area contributed by atoms with Crippen LogP contribution in [0.4, 0.5) is 0 Å². The van der Waals surface area contributed by atoms with Gasteiger partial charge in [-0.25, -0.2) is 4.79 Å². The molecule has 0 amide bonds. The van der Waals surface area contributed by atoms with Crippen molar-refractivity contribution in [2.45, 2.75) is 19.3 Å². The zero-order valence-electron chi connectivity index (χ0n) is 9.92. The number of hydrogen-bond acceptors (Lipinski definition) is 4. The average molecular weight is 250 g/mol. The molecule has 2 heterocycles. The number of aromatic amines is 1. The lowest BCUT2D eigenvalue weighted by atomic mass is 10.1. The summed E-state index contributed by atoms with van der Waals surface area (Å²) >= 11 is 0. The van der Waals surface area contributed by atoms with E-state index in [1.807, 2.05) is 0 Å². The number of nitrogens with one attached hydrogen (secondary N) is 1. The van der Waals surface area contributed by atoms with Gasteiger partial charge >= 0.3 is 5.69 Å². The first-order chi connectivity index (χ1) is 8.56. The van der Waals surface area contributed by atoms with Gasteiger partial charge < -0.3 is 9.84 Å². The summed E-state index contributed by atoms with van der Waals surface area (Å²) in [6.07, 6.45) is 3.56. The third kappa shape index (κ3) is 2.07. The van der Waals surface area contributed by atoms with Crippen LogP contribution in [-0.2, 0) is 4.74 Å². The standard InChI is InChI=1S/C12H14N2O4/c1-3-8-4-10(18-9(8)6-15)14-5-7(2)11(16)13-12(14)17/h3-5,9-10,15H,1,6H2,2H3,(H,13,16,17)/t9-,10-/m1/s1. The van der Waals surface area contributed by atoms with E-state index in [-0.39, 0.29) is 6.61 Å². The fourth-order valence-corrected chi connectivity index (χ4v) is 1.83. The SMILES string of the molecule is C=CC1=C[C@H](n2cc(C)c(=O)[nH]c2=O)O[C@@H]1CO. The topological polar surface area (TPSA) is 84.3 Å². The van der Waals surface area contributed by atoms with Gasteiger partial charge in [0.15, 0.2) is 6.23 Å². The molecule has 0 aliphatic carbocycles. The van der Waals surface area contributed by atoms with E-state index in [1.165, 1.54) is 10.8 Å². The second kappa shape index (κ2) is 4.75. The minimum absolute atomic E-state index is 0.189. The highest BCUT2D eigenvalue weighted by molar-refractivity contribution is 5.26. The van der Waals surface area contributed by atoms with Gasteiger partial charge in [0.05, 0.1) is 6.61 Å². The molecule has 2 rings (SSSR count). The quantitative estimate of drug-likeness (QED) is 0.781. The van der Waals surface area contributed by atoms with Crippen molar-refractivity contribution in [1.82, 2.24) is 9.55 Å². The van der Waals surface area contributed by atoms with Crippen LogP contribution in [0, 0.1) is 6.92 Å². The van der Waals surface area contributed by atoms with Gasteiger partial charge in [-0.15, -0.1) is 0 Å². The van der Waals surface area contributed by atoms with Gasteiger partial charge in [0.1, 0.15) is 6.10 Å². The van der Waals surface area contributed by atoms with E-state index in [2.05, 4.69) is 11.6 Å². The third-order valence-corrected chi connectivity index (χ3v) is 2.83. The van der Waals surface area contributed by atoms with Gasteiger partial charge in [0.2, 0.25) is 0 Å². The summed E-state index contributed by atoms with van der Waals surface area (Å²) in [5.74, 6) is 0. The molecule has 0 fully saturated rings. The number of aliphatic hydroxyl groups excluding tert-OH is 1. The molecule has 18 heavy (non-hydrogen) atoms. The van der Waals surface area contributed by atoms with Gasteiger partial charge in [-0.05, 0) is 18.6 Å². The molecule has 2 N–H and O–H groups in total. The number of rotatable bonds is 3. The first-order valence-corrected chi connectivity index (χ1v) is 5.49. The fraction of sp³-hybridized carbons (Fsp3) is 0.333. The molecule has 6 heteroatoms. The van der Waals surface area contributed by atoms with E-state index < -0.39 is 23.6 Å². The summed E-state index contributed by atoms with van der Waals surface area (Å²) in [4.78, 5) is 25.1. The number of nitrogens with zero attached hydrogens (tertiary/aromatic N) is 1. The van der Waals surface area contributed by atoms with Gasteiger partial charge in [-0.1, -0.05) is 12.7 Å². The summed E-state index contributed by atoms with van der Waals surface area (Å²) in [5.41, 5.74) is 0.173. The maximum Gasteiger partial charge on any atom is 0.330 e. The predicted molar refractivity (Wildman–Crippen MR) is 65.3 cm³/mol. The van der Waals surface area contributed by atoms with Gasteiger partial charge in [-0.2, -0.15) is 0 Å². The molecule has 1 aliphatic heterocycles. The highest BCUT2D eigenvalue weighted by atomic mass is 16.5. The van der Waals surface area contributed by atoms with E-state index in [4.69, 9.17) is 9.84 Å². The van der Waals surface area contributed by atoms with Crippen molar-refractivity contribution < 1.29 is 9.84 Å². The van der Waals surface area contributed by atoms with E-state index >= 15 is 0 Å². The molecule has 1 aliphatic rings. The minimum Gasteiger partial charge on any atom is -0.393 e. The first-order valence-electron chi connectivity index (χ1n) is 5.49. The number of aromatic nitrogens is 2. The monoisotopic (exact) mass is 250 g/mol. The molecule has 0 saturated heterocycles. The van der Waals surface area contributed by atoms with Gasteiger partial charge in [0, 0.05) is 11.8 Å². The zero-order chi connectivity index (χ0) is 13.3. The molecule has 96 valence electrons. The molecule has 0 bridgehead atoms. The van der Waals surface area contributed by atoms with Crippen molar-refractivity contribution in [3.8, 4) is 0 Å². The molecule has 6 nitrogen and oxygen atoms in total. The molecule has 0 saturated carbocycles. The molecule has 0 radical (unpaired) electrons. The Kier molecular flexibility index (Phi) is 3.31. The van der Waals surface area contributed by atoms with E-state index in [0.717, 1.165) is 5.57 Å². The van der Waals surface area contributed by atoms with Crippen molar-refractivity contribution in [2.75, 3.05) is 6.61 Å². The smallest absolute Gasteiger partial charge is 0.330 e. The van der Waals surface area contributed by atoms with Crippen molar-refractivity contribution in [3.05, 3.63) is 56.9 Å². The number of aliphatic hydroxyl groups is 1. The average Bonchev–Trinajstić information content (AvgIpc) is 2.76. The maximum atomic E-state index is 11.7. The lowest BCUT2D eigenvalue weighted by molar-refractivity contribution is -0.0129. The first kappa shape index (κ1) is 12.5. The Bertz CT molecular complexity index is 611. The molecule has 2 atom stereocenters. The summed E-state index contributed by atoms with van der Waals surface area (Å²) < 4.78 is 6.78. The molecular weight excluding hydrogens is 236 g/mol. The van der Waals surface area contributed by atoms with E-state index in [9.17, 15) is 9.59 Å². The van der Waals surface area contributed by atoms with Crippen LogP contribution in [0.15, 0.2) is 40.1 Å². The van der Waals surface area contributed by atoms with Crippen LogP contribution in [-0.4, -0.2) is 27.4 Å². The largest absolute Gasteiger partial charge is 0.393 e. The summed E-state index contributed by atoms with van der Waals surface area (Å²) in [5, 5.41) is 9.14. The van der Waals surface area contributed by atoms with Crippen molar-refractivity contribution in [1.29, 1.82) is 0 Å². The highest BCUT2D eigenvalue weighted by Gasteiger charge is 2.26. The van der Waals surface area contributed by atoms with Crippen LogP contribution in [0.1, 0.15) is 11.8 Å². The van der Waals surface area contributed by atoms with Crippen molar-refractivity contribution in [3.63, 3.8) is 0 Å². The second-order valence-electron chi connectivity index (χ2n) is 4.05. The molecule has 0 aromatic carbocycles. The highest BCUT2D eigenvalue weighted by Crippen LogP contribution is 2.26. The molecule has 0 unspecified atom stereocenters. The van der Waals surface area contributed by atoms with Crippen molar-refractivity contribution >= 4 is 0 Å². The second-order valence-corrected chi connectivity index (χ2v) is 4.05. The molecule has 1 aromatic rings. The van der Waals surface area contributed by atoms with E-state index in [1.54, 1.807) is 19.1 Å². The van der Waals surface area contributed by atoms with Crippen LogP contribution in [0.2, 0.25) is 0 Å². The lowest BCUT2D eigenvalue weighted by Gasteiger charge is -2.15. The Morgan fingerprint density at radius 3 is 2.89 bits per heavy atom. The minimum atomic E-state index is -0.641. The normalized spacial score (nSPS) is 22.9. The predicted octanol–water partition coefficient (Wildman–Crippen LogP) is -0.153. The van der Waals surface area contributed by atoms with Crippen molar-refractivity contribution in [2.24, 2.45) is 0 Å². The summed E-state index contributed by atoms with van der Waals surface area (Å²) in [6, 6.07) is 0. The van der Waals surface area contributed by atoms with Crippen LogP contribution >= 0.6 is 0 Å². The number of aryl methyl sites for hydroxylation is 1. The van der Waals surface area contributed by atoms with Gasteiger partial charge in [-0.3, -0.25) is 14.3 Å². The van der Waals surface area contributed by atoms with E-state index in [0.29, 0.717) is 5.56 Å². The van der Waals surface area contributed by atoms with Crippen LogP contribution in [0.3, 0.4) is 0 Å². The Morgan fingerprint density at radius 1 is 1.61 bits per heavy atom. The van der Waals surface area contributed by atoms with Crippen LogP contribution in [0.25, 0.3) is 0 Å². The Hall–Kier alpha value is -1.92. The molecular formula is C12H14N2O4. The summed E-state index contributed by atoms with van der Waals surface area (Å²) in [6.45, 7) is 5.03. The molecule has 1 aromatic heterocycles. The molecule has 0 spiro atoms. The van der Waals surface area contributed by atoms with Crippen LogP contribution in [0.5, 0.6) is 0 Å². The fourth-order valence-electron chi connectivity index (χ4n) is 1.83. The lowest BCUT2D eigenvalue weighted by Crippen LogP contribution is -2.33. The van der Waals surface area contributed by atoms with Gasteiger partial charge in [0.25, 0.3) is 5.56 Å². The Labute approximate surface area is 103 Å². The third-order valence-electron chi connectivity index (χ3n) is 2.83. The summed E-state index contributed by atoms with van der Waals surface area (Å²) in [7, 11) is 0. The number of hydrogen-bond donors (Lipinski definition) is 2. The number of ether oxygens (including phenoxy) is 1. The Balaban J connectivity index is 2.43.